The lowest BCUT2D eigenvalue weighted by Crippen LogP contribution is -2.33. The van der Waals surface area contributed by atoms with E-state index in [1.807, 2.05) is 31.2 Å². The molecule has 3 N–H and O–H groups in total. The number of halogens is 1. The SMILES string of the molecule is COc1c#ccc(C(C)(N)/C=C(\NCc2ccccc2F)c2ccccn2)n1. The number of nitrogens with one attached hydrogen (secondary N) is 1. The molecule has 142 valence electrons. The molecule has 0 spiro atoms. The van der Waals surface area contributed by atoms with Crippen LogP contribution in [0.2, 0.25) is 0 Å². The number of nitrogens with two attached hydrogens (primary N) is 1. The predicted octanol–water partition coefficient (Wildman–Crippen LogP) is 3.23. The van der Waals surface area contributed by atoms with Crippen LogP contribution in [-0.4, -0.2) is 17.1 Å². The van der Waals surface area contributed by atoms with Gasteiger partial charge in [0.1, 0.15) is 5.82 Å². The van der Waals surface area contributed by atoms with Crippen LogP contribution in [0.4, 0.5) is 4.39 Å². The topological polar surface area (TPSA) is 73.1 Å². The van der Waals surface area contributed by atoms with Gasteiger partial charge in [-0.1, -0.05) is 30.3 Å². The van der Waals surface area contributed by atoms with Crippen LogP contribution in [0, 0.1) is 17.9 Å². The van der Waals surface area contributed by atoms with Crippen molar-refractivity contribution in [2.75, 3.05) is 7.11 Å². The summed E-state index contributed by atoms with van der Waals surface area (Å²) in [6, 6.07) is 19.5. The Morgan fingerprint density at radius 1 is 1.29 bits per heavy atom. The Kier molecular flexibility index (Phi) is 5.87. The van der Waals surface area contributed by atoms with Gasteiger partial charge in [0.15, 0.2) is 0 Å². The first-order valence-corrected chi connectivity index (χ1v) is 8.75. The van der Waals surface area contributed by atoms with Gasteiger partial charge in [-0.3, -0.25) is 4.98 Å². The van der Waals surface area contributed by atoms with Crippen molar-refractivity contribution in [3.8, 4) is 5.88 Å². The first-order valence-electron chi connectivity index (χ1n) is 8.75. The summed E-state index contributed by atoms with van der Waals surface area (Å²) in [5, 5.41) is 3.25. The molecule has 0 saturated carbocycles. The number of nitrogens with zero attached hydrogens (tertiary/aromatic N) is 2. The summed E-state index contributed by atoms with van der Waals surface area (Å²) in [5.74, 6) is 0.0340. The lowest BCUT2D eigenvalue weighted by molar-refractivity contribution is 0.393. The van der Waals surface area contributed by atoms with Crippen molar-refractivity contribution in [1.29, 1.82) is 0 Å². The molecule has 2 heterocycles. The zero-order valence-corrected chi connectivity index (χ0v) is 15.7. The number of pyridine rings is 1. The van der Waals surface area contributed by atoms with E-state index in [0.29, 0.717) is 28.5 Å². The van der Waals surface area contributed by atoms with Gasteiger partial charge in [0, 0.05) is 24.4 Å². The van der Waals surface area contributed by atoms with Crippen molar-refractivity contribution in [2.24, 2.45) is 5.73 Å². The number of methoxy groups -OCH3 is 1. The van der Waals surface area contributed by atoms with Crippen molar-refractivity contribution in [3.63, 3.8) is 0 Å². The van der Waals surface area contributed by atoms with Gasteiger partial charge < -0.3 is 15.8 Å². The quantitative estimate of drug-likeness (QED) is 0.662. The minimum absolute atomic E-state index is 0.273. The molecule has 3 aromatic rings. The molecule has 6 heteroatoms. The summed E-state index contributed by atoms with van der Waals surface area (Å²) in [4.78, 5) is 8.74. The van der Waals surface area contributed by atoms with Crippen LogP contribution in [0.15, 0.2) is 60.8 Å². The van der Waals surface area contributed by atoms with Crippen LogP contribution in [-0.2, 0) is 12.1 Å². The minimum Gasteiger partial charge on any atom is -0.475 e. The molecule has 3 rings (SSSR count). The molecule has 0 bridgehead atoms. The lowest BCUT2D eigenvalue weighted by atomic mass is 9.96. The molecule has 0 radical (unpaired) electrons. The predicted molar refractivity (Wildman–Crippen MR) is 105 cm³/mol. The highest BCUT2D eigenvalue weighted by molar-refractivity contribution is 5.62. The second-order valence-corrected chi connectivity index (χ2v) is 6.42. The number of rotatable bonds is 7. The fraction of sp³-hybridized carbons (Fsp3) is 0.182. The Balaban J connectivity index is 1.94. The molecule has 0 fully saturated rings. The summed E-state index contributed by atoms with van der Waals surface area (Å²) in [5.41, 5.74) is 8.04. The molecule has 0 aliphatic heterocycles. The first kappa shape index (κ1) is 19.3. The van der Waals surface area contributed by atoms with Gasteiger partial charge in [-0.2, -0.15) is 0 Å². The van der Waals surface area contributed by atoms with Gasteiger partial charge in [-0.05, 0) is 37.3 Å². The highest BCUT2D eigenvalue weighted by Gasteiger charge is 2.23. The average molecular weight is 376 g/mol. The summed E-state index contributed by atoms with van der Waals surface area (Å²) in [6.45, 7) is 2.10. The first-order chi connectivity index (χ1) is 13.5. The van der Waals surface area contributed by atoms with Crippen molar-refractivity contribution < 1.29 is 9.13 Å². The number of hydrogen-bond acceptors (Lipinski definition) is 5. The third kappa shape index (κ3) is 4.64. The summed E-state index contributed by atoms with van der Waals surface area (Å²) in [6.07, 6.45) is 3.50. The number of aromatic nitrogens is 2. The van der Waals surface area contributed by atoms with Gasteiger partial charge in [-0.25, -0.2) is 9.37 Å². The summed E-state index contributed by atoms with van der Waals surface area (Å²) < 4.78 is 19.1. The second-order valence-electron chi connectivity index (χ2n) is 6.42. The van der Waals surface area contributed by atoms with Gasteiger partial charge >= 0.3 is 0 Å². The lowest BCUT2D eigenvalue weighted by Gasteiger charge is -2.22. The molecule has 0 aliphatic rings. The smallest absolute Gasteiger partial charge is 0.268 e. The average Bonchev–Trinajstić information content (AvgIpc) is 2.73. The highest BCUT2D eigenvalue weighted by atomic mass is 19.1. The molecular weight excluding hydrogens is 355 g/mol. The van der Waals surface area contributed by atoms with Gasteiger partial charge in [0.25, 0.3) is 5.88 Å². The fourth-order valence-electron chi connectivity index (χ4n) is 2.65. The summed E-state index contributed by atoms with van der Waals surface area (Å²) >= 11 is 0. The van der Waals surface area contributed by atoms with Gasteiger partial charge in [0.05, 0.1) is 29.7 Å². The van der Waals surface area contributed by atoms with E-state index in [2.05, 4.69) is 27.4 Å². The second kappa shape index (κ2) is 8.51. The zero-order valence-electron chi connectivity index (χ0n) is 15.7. The molecule has 1 atom stereocenters. The van der Waals surface area contributed by atoms with E-state index in [1.54, 1.807) is 30.5 Å². The van der Waals surface area contributed by atoms with Crippen LogP contribution >= 0.6 is 0 Å². The van der Waals surface area contributed by atoms with E-state index >= 15 is 0 Å². The van der Waals surface area contributed by atoms with Crippen LogP contribution in [0.1, 0.15) is 23.9 Å². The molecule has 0 saturated heterocycles. The van der Waals surface area contributed by atoms with E-state index in [-0.39, 0.29) is 12.4 Å². The molecule has 5 nitrogen and oxygen atoms in total. The van der Waals surface area contributed by atoms with Crippen molar-refractivity contribution >= 4 is 5.70 Å². The molecular formula is C22H21FN4O. The van der Waals surface area contributed by atoms with E-state index in [9.17, 15) is 4.39 Å². The maximum Gasteiger partial charge on any atom is 0.268 e. The standard InChI is InChI=1S/C22H21FN4O/c1-22(24,20-11-7-12-21(27-20)28-2)14-19(18-10-5-6-13-25-18)26-15-16-8-3-4-9-17(16)23/h3-6,8-11,13-14,26H,15,24H2,1-2H3/b19-14-. The van der Waals surface area contributed by atoms with Crippen molar-refractivity contribution in [3.05, 3.63) is 95.7 Å². The molecule has 0 aliphatic carbocycles. The third-order valence-corrected chi connectivity index (χ3v) is 4.17. The zero-order chi connectivity index (χ0) is 20.0. The molecule has 2 aromatic heterocycles. The van der Waals surface area contributed by atoms with Crippen LogP contribution < -0.4 is 15.8 Å². The maximum absolute atomic E-state index is 14.0. The normalized spacial score (nSPS) is 13.4. The third-order valence-electron chi connectivity index (χ3n) is 4.17. The van der Waals surface area contributed by atoms with Crippen LogP contribution in [0.5, 0.6) is 5.88 Å². The van der Waals surface area contributed by atoms with Crippen molar-refractivity contribution in [1.82, 2.24) is 15.3 Å². The van der Waals surface area contributed by atoms with E-state index < -0.39 is 5.54 Å². The van der Waals surface area contributed by atoms with Gasteiger partial charge in [0.2, 0.25) is 0 Å². The highest BCUT2D eigenvalue weighted by Crippen LogP contribution is 2.23. The number of ether oxygens (including phenoxy) is 1. The Bertz CT molecular complexity index is 958. The van der Waals surface area contributed by atoms with Crippen LogP contribution in [0.25, 0.3) is 5.70 Å². The van der Waals surface area contributed by atoms with Crippen LogP contribution in [0.3, 0.4) is 0 Å². The molecule has 0 amide bonds. The van der Waals surface area contributed by atoms with Gasteiger partial charge in [-0.15, -0.1) is 0 Å². The Morgan fingerprint density at radius 3 is 2.79 bits per heavy atom. The largest absolute Gasteiger partial charge is 0.475 e. The summed E-state index contributed by atoms with van der Waals surface area (Å²) in [7, 11) is 1.51. The molecule has 1 unspecified atom stereocenters. The minimum atomic E-state index is -0.950. The fourth-order valence-corrected chi connectivity index (χ4v) is 2.65. The van der Waals surface area contributed by atoms with E-state index in [0.717, 1.165) is 0 Å². The Hall–Kier alpha value is -3.43. The monoisotopic (exact) mass is 376 g/mol. The van der Waals surface area contributed by atoms with E-state index in [1.165, 1.54) is 13.2 Å². The Morgan fingerprint density at radius 2 is 2.07 bits per heavy atom. The Labute approximate surface area is 164 Å². The van der Waals surface area contributed by atoms with Crippen molar-refractivity contribution in [2.45, 2.75) is 19.0 Å². The maximum atomic E-state index is 14.0. The number of hydrogen-bond donors (Lipinski definition) is 2. The van der Waals surface area contributed by atoms with E-state index in [4.69, 9.17) is 10.5 Å². The molecule has 1 aromatic carbocycles. The number of benzene rings is 1. The molecule has 28 heavy (non-hydrogen) atoms.